The van der Waals surface area contributed by atoms with Crippen molar-refractivity contribution in [3.63, 3.8) is 0 Å². The summed E-state index contributed by atoms with van der Waals surface area (Å²) in [6.07, 6.45) is 5.67. The Labute approximate surface area is 80.0 Å². The van der Waals surface area contributed by atoms with Gasteiger partial charge in [-0.1, -0.05) is 26.3 Å². The molecular weight excluding hydrogens is 164 g/mol. The Morgan fingerprint density at radius 1 is 1.62 bits per heavy atom. The Hall–Kier alpha value is -0.790. The highest BCUT2D eigenvalue weighted by molar-refractivity contribution is 5.77. The summed E-state index contributed by atoms with van der Waals surface area (Å²) in [5.41, 5.74) is -0.285. The van der Waals surface area contributed by atoms with E-state index in [9.17, 15) is 4.79 Å². The number of hydrogen-bond acceptors (Lipinski definition) is 2. The Morgan fingerprint density at radius 3 is 2.85 bits per heavy atom. The van der Waals surface area contributed by atoms with Crippen molar-refractivity contribution >= 4 is 5.97 Å². The highest BCUT2D eigenvalue weighted by Crippen LogP contribution is 2.41. The molecule has 0 aromatic rings. The minimum absolute atomic E-state index is 0.116. The zero-order valence-electron chi connectivity index (χ0n) is 8.51. The van der Waals surface area contributed by atoms with E-state index in [1.807, 2.05) is 6.92 Å². The molecule has 0 saturated heterocycles. The zero-order chi connectivity index (χ0) is 9.90. The van der Waals surface area contributed by atoms with E-state index < -0.39 is 0 Å². The summed E-state index contributed by atoms with van der Waals surface area (Å²) in [6, 6.07) is 0. The van der Waals surface area contributed by atoms with Crippen molar-refractivity contribution in [3.8, 4) is 0 Å². The average Bonchev–Trinajstić information content (AvgIpc) is 2.11. The molecule has 1 aliphatic rings. The first-order chi connectivity index (χ1) is 6.11. The van der Waals surface area contributed by atoms with Crippen LogP contribution in [0.1, 0.15) is 39.5 Å². The molecule has 0 spiro atoms. The topological polar surface area (TPSA) is 26.3 Å². The molecule has 0 N–H and O–H groups in total. The van der Waals surface area contributed by atoms with Gasteiger partial charge in [-0.15, -0.1) is 0 Å². The number of carbonyl (C=O) groups is 1. The van der Waals surface area contributed by atoms with Crippen LogP contribution in [-0.2, 0) is 9.53 Å². The lowest BCUT2D eigenvalue weighted by molar-refractivity contribution is -0.154. The van der Waals surface area contributed by atoms with Crippen molar-refractivity contribution in [2.75, 3.05) is 0 Å². The van der Waals surface area contributed by atoms with Crippen LogP contribution in [0.15, 0.2) is 12.8 Å². The molecule has 1 rings (SSSR count). The summed E-state index contributed by atoms with van der Waals surface area (Å²) in [5.74, 6) is 0.309. The van der Waals surface area contributed by atoms with Gasteiger partial charge in [0.15, 0.2) is 0 Å². The van der Waals surface area contributed by atoms with E-state index in [1.165, 1.54) is 12.7 Å². The van der Waals surface area contributed by atoms with Crippen LogP contribution in [-0.4, -0.2) is 5.97 Å². The van der Waals surface area contributed by atoms with E-state index in [2.05, 4.69) is 13.5 Å². The molecule has 2 unspecified atom stereocenters. The Morgan fingerprint density at radius 2 is 2.31 bits per heavy atom. The van der Waals surface area contributed by atoms with Gasteiger partial charge in [-0.05, 0) is 25.7 Å². The van der Waals surface area contributed by atoms with Crippen molar-refractivity contribution in [1.29, 1.82) is 0 Å². The predicted molar refractivity (Wildman–Crippen MR) is 52.0 cm³/mol. The van der Waals surface area contributed by atoms with E-state index in [0.717, 1.165) is 19.3 Å². The molecule has 1 saturated carbocycles. The van der Waals surface area contributed by atoms with Gasteiger partial charge < -0.3 is 4.74 Å². The molecule has 0 aromatic carbocycles. The first kappa shape index (κ1) is 10.3. The van der Waals surface area contributed by atoms with Gasteiger partial charge in [-0.25, -0.2) is 0 Å². The minimum Gasteiger partial charge on any atom is -0.435 e. The van der Waals surface area contributed by atoms with Crippen LogP contribution >= 0.6 is 0 Å². The van der Waals surface area contributed by atoms with Gasteiger partial charge in [0, 0.05) is 0 Å². The highest BCUT2D eigenvalue weighted by Gasteiger charge is 2.41. The summed E-state index contributed by atoms with van der Waals surface area (Å²) in [4.78, 5) is 11.6. The molecule has 2 atom stereocenters. The maximum atomic E-state index is 11.6. The van der Waals surface area contributed by atoms with Gasteiger partial charge in [0.2, 0.25) is 0 Å². The first-order valence-electron chi connectivity index (χ1n) is 4.93. The molecule has 1 aliphatic carbocycles. The van der Waals surface area contributed by atoms with Gasteiger partial charge in [0.1, 0.15) is 0 Å². The largest absolute Gasteiger partial charge is 0.435 e. The molecular formula is C11H18O2. The summed E-state index contributed by atoms with van der Waals surface area (Å²) in [7, 11) is 0. The molecule has 13 heavy (non-hydrogen) atoms. The fraction of sp³-hybridized carbons (Fsp3) is 0.727. The predicted octanol–water partition coefficient (Wildman–Crippen LogP) is 2.89. The van der Waals surface area contributed by atoms with E-state index in [0.29, 0.717) is 5.92 Å². The lowest BCUT2D eigenvalue weighted by Crippen LogP contribution is -2.37. The standard InChI is InChI=1S/C11H18O2/c1-4-13-10(12)11(3)8-6-5-7-9(11)2/h4,9H,1,5-8H2,2-3H3. The summed E-state index contributed by atoms with van der Waals surface area (Å²) in [5, 5.41) is 0. The van der Waals surface area contributed by atoms with Crippen molar-refractivity contribution in [3.05, 3.63) is 12.8 Å². The summed E-state index contributed by atoms with van der Waals surface area (Å²) < 4.78 is 4.88. The van der Waals surface area contributed by atoms with Crippen LogP contribution in [0.25, 0.3) is 0 Å². The molecule has 0 radical (unpaired) electrons. The third kappa shape index (κ3) is 1.93. The van der Waals surface area contributed by atoms with Crippen molar-refractivity contribution in [2.24, 2.45) is 11.3 Å². The molecule has 0 aliphatic heterocycles. The number of rotatable bonds is 2. The number of esters is 1. The molecule has 74 valence electrons. The third-order valence-corrected chi connectivity index (χ3v) is 3.33. The molecule has 0 heterocycles. The Kier molecular flexibility index (Phi) is 3.12. The Balaban J connectivity index is 2.70. The molecule has 1 fully saturated rings. The SMILES string of the molecule is C=COC(=O)C1(C)CCCCC1C. The monoisotopic (exact) mass is 182 g/mol. The third-order valence-electron chi connectivity index (χ3n) is 3.33. The second-order valence-electron chi connectivity index (χ2n) is 4.14. The van der Waals surface area contributed by atoms with Crippen molar-refractivity contribution in [1.82, 2.24) is 0 Å². The van der Waals surface area contributed by atoms with Gasteiger partial charge in [-0.2, -0.15) is 0 Å². The minimum atomic E-state index is -0.285. The lowest BCUT2D eigenvalue weighted by atomic mass is 9.68. The molecule has 0 aromatic heterocycles. The number of ether oxygens (including phenoxy) is 1. The fourth-order valence-corrected chi connectivity index (χ4v) is 2.02. The van der Waals surface area contributed by atoms with Gasteiger partial charge in [0.25, 0.3) is 0 Å². The smallest absolute Gasteiger partial charge is 0.316 e. The van der Waals surface area contributed by atoms with Crippen molar-refractivity contribution in [2.45, 2.75) is 39.5 Å². The zero-order valence-corrected chi connectivity index (χ0v) is 8.51. The first-order valence-corrected chi connectivity index (χ1v) is 4.93. The second-order valence-corrected chi connectivity index (χ2v) is 4.14. The van der Waals surface area contributed by atoms with Gasteiger partial charge >= 0.3 is 5.97 Å². The molecule has 0 amide bonds. The van der Waals surface area contributed by atoms with Crippen molar-refractivity contribution < 1.29 is 9.53 Å². The van der Waals surface area contributed by atoms with E-state index in [-0.39, 0.29) is 11.4 Å². The van der Waals surface area contributed by atoms with Gasteiger partial charge in [0.05, 0.1) is 11.7 Å². The van der Waals surface area contributed by atoms with E-state index in [1.54, 1.807) is 0 Å². The van der Waals surface area contributed by atoms with Crippen LogP contribution in [0, 0.1) is 11.3 Å². The number of carbonyl (C=O) groups excluding carboxylic acids is 1. The van der Waals surface area contributed by atoms with Gasteiger partial charge in [-0.3, -0.25) is 4.79 Å². The van der Waals surface area contributed by atoms with Crippen LogP contribution < -0.4 is 0 Å². The summed E-state index contributed by atoms with van der Waals surface area (Å²) >= 11 is 0. The summed E-state index contributed by atoms with van der Waals surface area (Å²) in [6.45, 7) is 7.54. The number of hydrogen-bond donors (Lipinski definition) is 0. The lowest BCUT2D eigenvalue weighted by Gasteiger charge is -2.36. The van der Waals surface area contributed by atoms with Crippen LogP contribution in [0.2, 0.25) is 0 Å². The second kappa shape index (κ2) is 3.95. The average molecular weight is 182 g/mol. The Bertz CT molecular complexity index is 210. The maximum Gasteiger partial charge on any atom is 0.316 e. The van der Waals surface area contributed by atoms with Crippen LogP contribution in [0.5, 0.6) is 0 Å². The van der Waals surface area contributed by atoms with Crippen LogP contribution in [0.4, 0.5) is 0 Å². The highest BCUT2D eigenvalue weighted by atomic mass is 16.5. The maximum absolute atomic E-state index is 11.6. The molecule has 2 heteroatoms. The fourth-order valence-electron chi connectivity index (χ4n) is 2.02. The molecule has 0 bridgehead atoms. The molecule has 2 nitrogen and oxygen atoms in total. The van der Waals surface area contributed by atoms with Crippen LogP contribution in [0.3, 0.4) is 0 Å². The van der Waals surface area contributed by atoms with E-state index in [4.69, 9.17) is 4.74 Å². The quantitative estimate of drug-likeness (QED) is 0.485. The van der Waals surface area contributed by atoms with E-state index >= 15 is 0 Å². The normalized spacial score (nSPS) is 33.8.